The molecule has 0 fully saturated rings. The number of rotatable bonds is 4. The number of hydrogen-bond acceptors (Lipinski definition) is 5. The Hall–Kier alpha value is -2.93. The molecule has 3 rings (SSSR count). The number of H-pyrrole nitrogens is 1. The Kier molecular flexibility index (Phi) is 4.67. The summed E-state index contributed by atoms with van der Waals surface area (Å²) >= 11 is 1.56. The van der Waals surface area contributed by atoms with Crippen LogP contribution in [0.1, 0.15) is 32.1 Å². The highest BCUT2D eigenvalue weighted by molar-refractivity contribution is 7.13. The fourth-order valence-electron chi connectivity index (χ4n) is 2.64. The molecule has 2 N–H and O–H groups in total. The summed E-state index contributed by atoms with van der Waals surface area (Å²) in [6, 6.07) is 7.45. The van der Waals surface area contributed by atoms with Crippen LogP contribution in [0.2, 0.25) is 0 Å². The van der Waals surface area contributed by atoms with Crippen molar-refractivity contribution in [2.24, 2.45) is 0 Å². The molecule has 1 aromatic carbocycles. The highest BCUT2D eigenvalue weighted by atomic mass is 32.1. The van der Waals surface area contributed by atoms with Crippen LogP contribution in [0.5, 0.6) is 0 Å². The molecule has 0 bridgehead atoms. The van der Waals surface area contributed by atoms with Crippen molar-refractivity contribution in [2.75, 3.05) is 12.4 Å². The second-order valence-corrected chi connectivity index (χ2v) is 6.38. The Morgan fingerprint density at radius 2 is 1.92 bits per heavy atom. The number of anilines is 1. The third-order valence-corrected chi connectivity index (χ3v) is 4.70. The van der Waals surface area contributed by atoms with Gasteiger partial charge in [-0.15, -0.1) is 11.3 Å². The molecule has 0 saturated carbocycles. The fraction of sp³-hybridized carbons (Fsp3) is 0.167. The standard InChI is InChI=1S/C18H17N3O3S/c1-10-14(18(23)24-3)11(2)20-15(10)16(22)21-13-6-4-12(5-7-13)17-19-8-9-25-17/h4-9,20H,1-3H3,(H,21,22). The number of carbonyl (C=O) groups excluding carboxylic acids is 2. The van der Waals surface area contributed by atoms with E-state index in [1.54, 1.807) is 31.4 Å². The largest absolute Gasteiger partial charge is 0.465 e. The zero-order valence-corrected chi connectivity index (χ0v) is 14.9. The monoisotopic (exact) mass is 355 g/mol. The molecule has 25 heavy (non-hydrogen) atoms. The van der Waals surface area contributed by atoms with Crippen LogP contribution in [-0.4, -0.2) is 29.0 Å². The van der Waals surface area contributed by atoms with Gasteiger partial charge in [0.1, 0.15) is 10.7 Å². The Morgan fingerprint density at radius 3 is 2.52 bits per heavy atom. The molecular weight excluding hydrogens is 338 g/mol. The Balaban J connectivity index is 1.80. The zero-order valence-electron chi connectivity index (χ0n) is 14.0. The lowest BCUT2D eigenvalue weighted by molar-refractivity contribution is 0.0599. The summed E-state index contributed by atoms with van der Waals surface area (Å²) in [7, 11) is 1.32. The minimum absolute atomic E-state index is 0.308. The first-order valence-electron chi connectivity index (χ1n) is 7.60. The van der Waals surface area contributed by atoms with Gasteiger partial charge in [0, 0.05) is 28.5 Å². The third kappa shape index (κ3) is 3.32. The Morgan fingerprint density at radius 1 is 1.20 bits per heavy atom. The van der Waals surface area contributed by atoms with E-state index in [4.69, 9.17) is 4.74 Å². The minimum Gasteiger partial charge on any atom is -0.465 e. The number of aromatic amines is 1. The summed E-state index contributed by atoms with van der Waals surface area (Å²) in [5.74, 6) is -0.768. The molecule has 3 aromatic rings. The number of aromatic nitrogens is 2. The number of thiazole rings is 1. The highest BCUT2D eigenvalue weighted by Gasteiger charge is 2.22. The van der Waals surface area contributed by atoms with Crippen molar-refractivity contribution in [1.29, 1.82) is 0 Å². The van der Waals surface area contributed by atoms with Gasteiger partial charge < -0.3 is 15.0 Å². The topological polar surface area (TPSA) is 84.1 Å². The van der Waals surface area contributed by atoms with Crippen molar-refractivity contribution >= 4 is 28.9 Å². The van der Waals surface area contributed by atoms with Crippen molar-refractivity contribution in [1.82, 2.24) is 9.97 Å². The third-order valence-electron chi connectivity index (χ3n) is 3.88. The maximum atomic E-state index is 12.5. The maximum absolute atomic E-state index is 12.5. The van der Waals surface area contributed by atoms with Crippen LogP contribution in [0, 0.1) is 13.8 Å². The average Bonchev–Trinajstić information content (AvgIpc) is 3.23. The first-order chi connectivity index (χ1) is 12.0. The lowest BCUT2D eigenvalue weighted by Crippen LogP contribution is -2.14. The number of aryl methyl sites for hydroxylation is 1. The molecule has 0 aliphatic rings. The van der Waals surface area contributed by atoms with E-state index in [0.717, 1.165) is 10.6 Å². The van der Waals surface area contributed by atoms with Gasteiger partial charge in [-0.2, -0.15) is 0 Å². The number of ether oxygens (including phenoxy) is 1. The van der Waals surface area contributed by atoms with Crippen LogP contribution < -0.4 is 5.32 Å². The lowest BCUT2D eigenvalue weighted by Gasteiger charge is -2.06. The number of nitrogens with one attached hydrogen (secondary N) is 2. The van der Waals surface area contributed by atoms with E-state index >= 15 is 0 Å². The Bertz CT molecular complexity index is 912. The first kappa shape index (κ1) is 16.9. The lowest BCUT2D eigenvalue weighted by atomic mass is 10.1. The van der Waals surface area contributed by atoms with Gasteiger partial charge in [0.2, 0.25) is 0 Å². The van der Waals surface area contributed by atoms with Crippen molar-refractivity contribution in [3.05, 3.63) is 58.4 Å². The zero-order chi connectivity index (χ0) is 18.0. The van der Waals surface area contributed by atoms with Gasteiger partial charge >= 0.3 is 5.97 Å². The quantitative estimate of drug-likeness (QED) is 0.697. The van der Waals surface area contributed by atoms with Gasteiger partial charge in [-0.05, 0) is 43.7 Å². The number of hydrogen-bond donors (Lipinski definition) is 2. The second-order valence-electron chi connectivity index (χ2n) is 5.49. The molecule has 0 saturated heterocycles. The molecule has 2 heterocycles. The van der Waals surface area contributed by atoms with Gasteiger partial charge in [-0.25, -0.2) is 9.78 Å². The van der Waals surface area contributed by atoms with Crippen molar-refractivity contribution in [3.63, 3.8) is 0 Å². The van der Waals surface area contributed by atoms with Crippen molar-refractivity contribution in [3.8, 4) is 10.6 Å². The summed E-state index contributed by atoms with van der Waals surface area (Å²) < 4.78 is 4.76. The van der Waals surface area contributed by atoms with Crippen molar-refractivity contribution < 1.29 is 14.3 Å². The van der Waals surface area contributed by atoms with E-state index in [0.29, 0.717) is 28.2 Å². The molecule has 1 amide bonds. The van der Waals surface area contributed by atoms with Crippen LogP contribution in [0.15, 0.2) is 35.8 Å². The molecule has 0 unspecified atom stereocenters. The van der Waals surface area contributed by atoms with E-state index in [-0.39, 0.29) is 5.91 Å². The van der Waals surface area contributed by atoms with Gasteiger partial charge in [-0.3, -0.25) is 4.79 Å². The number of esters is 1. The molecule has 0 atom stereocenters. The molecule has 0 spiro atoms. The minimum atomic E-state index is -0.460. The summed E-state index contributed by atoms with van der Waals surface area (Å²) in [6.07, 6.45) is 1.75. The molecule has 0 radical (unpaired) electrons. The molecule has 7 heteroatoms. The fourth-order valence-corrected chi connectivity index (χ4v) is 3.29. The van der Waals surface area contributed by atoms with Crippen LogP contribution >= 0.6 is 11.3 Å². The normalized spacial score (nSPS) is 10.5. The molecule has 0 aliphatic heterocycles. The SMILES string of the molecule is COC(=O)c1c(C)[nH]c(C(=O)Nc2ccc(-c3nccs3)cc2)c1C. The van der Waals surface area contributed by atoms with Crippen LogP contribution in [0.25, 0.3) is 10.6 Å². The van der Waals surface area contributed by atoms with Gasteiger partial charge in [0.15, 0.2) is 0 Å². The predicted molar refractivity (Wildman–Crippen MR) is 97.1 cm³/mol. The van der Waals surface area contributed by atoms with E-state index in [1.165, 1.54) is 7.11 Å². The molecule has 2 aromatic heterocycles. The molecule has 128 valence electrons. The average molecular weight is 355 g/mol. The predicted octanol–water partition coefficient (Wildman–Crippen LogP) is 3.79. The number of amides is 1. The summed E-state index contributed by atoms with van der Waals surface area (Å²) in [5, 5.41) is 5.67. The molecular formula is C18H17N3O3S. The van der Waals surface area contributed by atoms with Crippen LogP contribution in [-0.2, 0) is 4.74 Å². The number of methoxy groups -OCH3 is 1. The smallest absolute Gasteiger partial charge is 0.339 e. The van der Waals surface area contributed by atoms with Gasteiger partial charge in [-0.1, -0.05) is 0 Å². The van der Waals surface area contributed by atoms with E-state index in [1.807, 2.05) is 29.6 Å². The highest BCUT2D eigenvalue weighted by Crippen LogP contribution is 2.24. The van der Waals surface area contributed by atoms with Gasteiger partial charge in [0.25, 0.3) is 5.91 Å². The van der Waals surface area contributed by atoms with Crippen LogP contribution in [0.3, 0.4) is 0 Å². The van der Waals surface area contributed by atoms with Crippen molar-refractivity contribution in [2.45, 2.75) is 13.8 Å². The molecule has 6 nitrogen and oxygen atoms in total. The second kappa shape index (κ2) is 6.90. The van der Waals surface area contributed by atoms with Gasteiger partial charge in [0.05, 0.1) is 12.7 Å². The summed E-state index contributed by atoms with van der Waals surface area (Å²) in [5.41, 5.74) is 3.58. The Labute approximate surface area is 148 Å². The van der Waals surface area contributed by atoms with E-state index in [9.17, 15) is 9.59 Å². The van der Waals surface area contributed by atoms with E-state index < -0.39 is 5.97 Å². The number of benzene rings is 1. The molecule has 0 aliphatic carbocycles. The summed E-state index contributed by atoms with van der Waals surface area (Å²) in [6.45, 7) is 3.45. The number of carbonyl (C=O) groups is 2. The summed E-state index contributed by atoms with van der Waals surface area (Å²) in [4.78, 5) is 31.6. The maximum Gasteiger partial charge on any atom is 0.339 e. The number of nitrogens with zero attached hydrogens (tertiary/aromatic N) is 1. The van der Waals surface area contributed by atoms with E-state index in [2.05, 4.69) is 15.3 Å². The first-order valence-corrected chi connectivity index (χ1v) is 8.48. The van der Waals surface area contributed by atoms with Crippen LogP contribution in [0.4, 0.5) is 5.69 Å².